The van der Waals surface area contributed by atoms with Crippen LogP contribution in [0.3, 0.4) is 0 Å². The van der Waals surface area contributed by atoms with E-state index in [4.69, 9.17) is 5.73 Å². The minimum absolute atomic E-state index is 0.0609. The summed E-state index contributed by atoms with van der Waals surface area (Å²) in [5.74, 6) is -0.437. The average Bonchev–Trinajstić information content (AvgIpc) is 2.95. The van der Waals surface area contributed by atoms with E-state index in [1.807, 2.05) is 25.1 Å². The van der Waals surface area contributed by atoms with Crippen LogP contribution in [-0.2, 0) is 14.3 Å². The second kappa shape index (κ2) is 8.34. The lowest BCUT2D eigenvalue weighted by molar-refractivity contribution is -0.137. The third-order valence-corrected chi connectivity index (χ3v) is 4.20. The van der Waals surface area contributed by atoms with Crippen LogP contribution < -0.4 is 11.1 Å². The number of aromatic nitrogens is 3. The van der Waals surface area contributed by atoms with Crippen LogP contribution in [0, 0.1) is 0 Å². The van der Waals surface area contributed by atoms with Gasteiger partial charge in [-0.2, -0.15) is 0 Å². The molecule has 2 rings (SSSR count). The predicted octanol–water partition coefficient (Wildman–Crippen LogP) is 1.72. The van der Waals surface area contributed by atoms with Crippen molar-refractivity contribution in [2.24, 2.45) is 0 Å². The molecule has 0 aliphatic rings. The Hall–Kier alpha value is -2.55. The largest absolute Gasteiger partial charge is 0.468 e. The van der Waals surface area contributed by atoms with E-state index in [2.05, 4.69) is 20.3 Å². The summed E-state index contributed by atoms with van der Waals surface area (Å²) in [6, 6.07) is 8.55. The molecule has 0 aliphatic carbocycles. The van der Waals surface area contributed by atoms with Crippen LogP contribution in [0.4, 0.5) is 11.6 Å². The fourth-order valence-electron chi connectivity index (χ4n) is 2.09. The van der Waals surface area contributed by atoms with Crippen LogP contribution in [0.15, 0.2) is 35.5 Å². The lowest BCUT2D eigenvalue weighted by Crippen LogP contribution is -2.27. The van der Waals surface area contributed by atoms with E-state index in [1.165, 1.54) is 11.7 Å². The normalized spacial score (nSPS) is 11.8. The molecule has 1 aromatic carbocycles. The highest BCUT2D eigenvalue weighted by molar-refractivity contribution is 7.99. The van der Waals surface area contributed by atoms with Gasteiger partial charge in [-0.1, -0.05) is 36.9 Å². The molecule has 0 radical (unpaired) electrons. The number of hydrogen-bond acceptors (Lipinski definition) is 7. The number of carbonyl (C=O) groups excluding carboxylic acids is 2. The number of nitrogens with one attached hydrogen (secondary N) is 1. The first-order valence-corrected chi connectivity index (χ1v) is 8.31. The lowest BCUT2D eigenvalue weighted by atomic mass is 10.2. The summed E-state index contributed by atoms with van der Waals surface area (Å²) in [5.41, 5.74) is 6.56. The van der Waals surface area contributed by atoms with Crippen LogP contribution in [-0.4, -0.2) is 39.5 Å². The number of benzene rings is 1. The fourth-order valence-corrected chi connectivity index (χ4v) is 2.92. The van der Waals surface area contributed by atoms with Crippen LogP contribution in [0.25, 0.3) is 0 Å². The molecule has 0 bridgehead atoms. The number of nitrogens with two attached hydrogens (primary N) is 1. The van der Waals surface area contributed by atoms with Crippen molar-refractivity contribution in [3.8, 4) is 0 Å². The van der Waals surface area contributed by atoms with Gasteiger partial charge in [-0.15, -0.1) is 10.2 Å². The van der Waals surface area contributed by atoms with E-state index in [0.29, 0.717) is 17.3 Å². The van der Waals surface area contributed by atoms with Crippen molar-refractivity contribution in [3.63, 3.8) is 0 Å². The quantitative estimate of drug-likeness (QED) is 0.578. The topological polar surface area (TPSA) is 112 Å². The van der Waals surface area contributed by atoms with Gasteiger partial charge in [0, 0.05) is 5.69 Å². The molecule has 1 heterocycles. The van der Waals surface area contributed by atoms with Gasteiger partial charge in [-0.05, 0) is 18.6 Å². The van der Waals surface area contributed by atoms with Crippen molar-refractivity contribution in [1.82, 2.24) is 14.8 Å². The molecule has 0 spiro atoms. The lowest BCUT2D eigenvalue weighted by Gasteiger charge is -2.19. The SMILES string of the molecule is CCC(C(=O)Nc1ccccc1)n1c(N)nnc1SCC(=O)OC. The molecule has 0 fully saturated rings. The van der Waals surface area contributed by atoms with Gasteiger partial charge in [0.05, 0.1) is 12.9 Å². The van der Waals surface area contributed by atoms with Gasteiger partial charge in [0.1, 0.15) is 6.04 Å². The number of esters is 1. The van der Waals surface area contributed by atoms with Crippen LogP contribution in [0.2, 0.25) is 0 Å². The molecule has 1 amide bonds. The van der Waals surface area contributed by atoms with Gasteiger partial charge < -0.3 is 15.8 Å². The van der Waals surface area contributed by atoms with E-state index in [-0.39, 0.29) is 17.6 Å². The van der Waals surface area contributed by atoms with Crippen molar-refractivity contribution in [1.29, 1.82) is 0 Å². The summed E-state index contributed by atoms with van der Waals surface area (Å²) >= 11 is 1.12. The molecule has 0 saturated heterocycles. The second-order valence-corrected chi connectivity index (χ2v) is 5.80. The van der Waals surface area contributed by atoms with E-state index >= 15 is 0 Å². The highest BCUT2D eigenvalue weighted by Crippen LogP contribution is 2.26. The number of nitrogen functional groups attached to an aromatic ring is 1. The molecule has 1 aromatic heterocycles. The van der Waals surface area contributed by atoms with Crippen LogP contribution in [0.5, 0.6) is 0 Å². The molecular weight excluding hydrogens is 330 g/mol. The van der Waals surface area contributed by atoms with E-state index in [1.54, 1.807) is 12.1 Å². The van der Waals surface area contributed by atoms with Crippen molar-refractivity contribution in [2.75, 3.05) is 23.9 Å². The van der Waals surface area contributed by atoms with Gasteiger partial charge in [-0.25, -0.2) is 0 Å². The molecule has 0 saturated carbocycles. The minimum atomic E-state index is -0.583. The Labute approximate surface area is 143 Å². The zero-order chi connectivity index (χ0) is 17.5. The summed E-state index contributed by atoms with van der Waals surface area (Å²) in [7, 11) is 1.31. The molecule has 8 nitrogen and oxygen atoms in total. The molecule has 3 N–H and O–H groups in total. The Morgan fingerprint density at radius 1 is 1.33 bits per heavy atom. The first-order chi connectivity index (χ1) is 11.6. The number of carbonyl (C=O) groups is 2. The first kappa shape index (κ1) is 17.8. The third kappa shape index (κ3) is 4.25. The maximum Gasteiger partial charge on any atom is 0.316 e. The maximum absolute atomic E-state index is 12.6. The zero-order valence-corrected chi connectivity index (χ0v) is 14.2. The molecule has 0 aliphatic heterocycles. The third-order valence-electron chi connectivity index (χ3n) is 3.28. The maximum atomic E-state index is 12.6. The number of anilines is 2. The van der Waals surface area contributed by atoms with E-state index in [9.17, 15) is 9.59 Å². The average molecular weight is 349 g/mol. The molecule has 2 aromatic rings. The fraction of sp³-hybridized carbons (Fsp3) is 0.333. The Kier molecular flexibility index (Phi) is 6.19. The summed E-state index contributed by atoms with van der Waals surface area (Å²) in [6.45, 7) is 1.86. The number of methoxy groups -OCH3 is 1. The molecule has 128 valence electrons. The Morgan fingerprint density at radius 3 is 2.67 bits per heavy atom. The van der Waals surface area contributed by atoms with E-state index < -0.39 is 12.0 Å². The second-order valence-electron chi connectivity index (χ2n) is 4.85. The summed E-state index contributed by atoms with van der Waals surface area (Å²) in [6.07, 6.45) is 0.493. The molecule has 24 heavy (non-hydrogen) atoms. The van der Waals surface area contributed by atoms with Crippen LogP contribution >= 0.6 is 11.8 Å². The molecule has 1 unspecified atom stereocenters. The number of para-hydroxylation sites is 1. The highest BCUT2D eigenvalue weighted by Gasteiger charge is 2.25. The zero-order valence-electron chi connectivity index (χ0n) is 13.4. The van der Waals surface area contributed by atoms with Gasteiger partial charge >= 0.3 is 5.97 Å². The number of ether oxygens (including phenoxy) is 1. The van der Waals surface area contributed by atoms with E-state index in [0.717, 1.165) is 11.8 Å². The Morgan fingerprint density at radius 2 is 2.04 bits per heavy atom. The molecular formula is C15H19N5O3S. The van der Waals surface area contributed by atoms with Gasteiger partial charge in [0.25, 0.3) is 0 Å². The van der Waals surface area contributed by atoms with Crippen molar-refractivity contribution < 1.29 is 14.3 Å². The summed E-state index contributed by atoms with van der Waals surface area (Å²) < 4.78 is 6.14. The number of rotatable bonds is 7. The number of hydrogen-bond donors (Lipinski definition) is 2. The summed E-state index contributed by atoms with van der Waals surface area (Å²) in [4.78, 5) is 23.9. The number of amides is 1. The number of thioether (sulfide) groups is 1. The minimum Gasteiger partial charge on any atom is -0.468 e. The predicted molar refractivity (Wildman–Crippen MR) is 91.6 cm³/mol. The van der Waals surface area contributed by atoms with Crippen LogP contribution in [0.1, 0.15) is 19.4 Å². The summed E-state index contributed by atoms with van der Waals surface area (Å²) in [5, 5.41) is 11.0. The standard InChI is InChI=1S/C15H19N5O3S/c1-3-11(13(22)17-10-7-5-4-6-8-10)20-14(16)18-19-15(20)24-9-12(21)23-2/h4-8,11H,3,9H2,1-2H3,(H2,16,18)(H,17,22). The number of nitrogens with zero attached hydrogens (tertiary/aromatic N) is 3. The van der Waals surface area contributed by atoms with Crippen molar-refractivity contribution >= 4 is 35.3 Å². The van der Waals surface area contributed by atoms with Crippen molar-refractivity contribution in [2.45, 2.75) is 24.5 Å². The van der Waals surface area contributed by atoms with Gasteiger partial charge in [-0.3, -0.25) is 14.2 Å². The Balaban J connectivity index is 2.18. The molecule has 1 atom stereocenters. The smallest absolute Gasteiger partial charge is 0.316 e. The Bertz CT molecular complexity index is 704. The highest BCUT2D eigenvalue weighted by atomic mass is 32.2. The first-order valence-electron chi connectivity index (χ1n) is 7.32. The monoisotopic (exact) mass is 349 g/mol. The molecule has 9 heteroatoms. The van der Waals surface area contributed by atoms with Crippen molar-refractivity contribution in [3.05, 3.63) is 30.3 Å². The van der Waals surface area contributed by atoms with Gasteiger partial charge in [0.15, 0.2) is 5.16 Å². The van der Waals surface area contributed by atoms with Gasteiger partial charge in [0.2, 0.25) is 11.9 Å².